The number of carbonyl (C=O) groups excluding carboxylic acids is 1. The molecule has 1 rings (SSSR count). The summed E-state index contributed by atoms with van der Waals surface area (Å²) in [6.07, 6.45) is 5.76. The Hall–Kier alpha value is 0.170. The lowest BCUT2D eigenvalue weighted by atomic mass is 9.85. The molecule has 1 aliphatic rings. The van der Waals surface area contributed by atoms with Crippen molar-refractivity contribution in [3.63, 3.8) is 0 Å². The quantitative estimate of drug-likeness (QED) is 0.413. The smallest absolute Gasteiger partial charge is 0.230 e. The Morgan fingerprint density at radius 1 is 1.75 bits per heavy atom. The largest absolute Gasteiger partial charge is 0.281 e. The second kappa shape index (κ2) is 3.50. The second-order valence-corrected chi connectivity index (χ2v) is 5.71. The Morgan fingerprint density at radius 2 is 2.33 bits per heavy atom. The van der Waals surface area contributed by atoms with Crippen LogP contribution in [-0.4, -0.2) is 8.66 Å². The Morgan fingerprint density at radius 3 is 2.75 bits per heavy atom. The van der Waals surface area contributed by atoms with Crippen molar-refractivity contribution in [3.8, 4) is 0 Å². The summed E-state index contributed by atoms with van der Waals surface area (Å²) in [4.78, 5) is 11.0. The molecule has 12 heavy (non-hydrogen) atoms. The lowest BCUT2D eigenvalue weighted by Gasteiger charge is -2.31. The zero-order valence-electron chi connectivity index (χ0n) is 6.97. The third-order valence-corrected chi connectivity index (χ3v) is 4.01. The first-order chi connectivity index (χ1) is 5.46. The number of carbonyl (C=O) groups is 1. The van der Waals surface area contributed by atoms with Gasteiger partial charge in [0.15, 0.2) is 0 Å². The van der Waals surface area contributed by atoms with Gasteiger partial charge in [-0.2, -0.15) is 0 Å². The van der Waals surface area contributed by atoms with Crippen LogP contribution in [0.3, 0.4) is 0 Å². The predicted molar refractivity (Wildman–Crippen MR) is 59.7 cm³/mol. The molecule has 0 saturated carbocycles. The fourth-order valence-corrected chi connectivity index (χ4v) is 2.33. The molecule has 0 amide bonds. The van der Waals surface area contributed by atoms with Crippen LogP contribution in [0.15, 0.2) is 23.8 Å². The van der Waals surface area contributed by atoms with E-state index in [-0.39, 0.29) is 14.6 Å². The van der Waals surface area contributed by atoms with Crippen LogP contribution >= 0.6 is 34.2 Å². The number of rotatable bonds is 1. The Bertz CT molecular complexity index is 266. The van der Waals surface area contributed by atoms with Gasteiger partial charge in [-0.3, -0.25) is 4.79 Å². The van der Waals surface area contributed by atoms with Crippen molar-refractivity contribution in [2.45, 2.75) is 17.3 Å². The van der Waals surface area contributed by atoms with E-state index in [0.717, 1.165) is 0 Å². The van der Waals surface area contributed by atoms with Gasteiger partial charge in [0, 0.05) is 0 Å². The van der Waals surface area contributed by atoms with Crippen molar-refractivity contribution in [1.82, 2.24) is 0 Å². The van der Waals surface area contributed by atoms with Crippen LogP contribution in [-0.2, 0) is 4.79 Å². The molecule has 1 nitrogen and oxygen atoms in total. The molecule has 0 aromatic heterocycles. The summed E-state index contributed by atoms with van der Waals surface area (Å²) < 4.78 is -0.161. The zero-order valence-corrected chi connectivity index (χ0v) is 9.89. The number of hydrogen-bond acceptors (Lipinski definition) is 1. The van der Waals surface area contributed by atoms with E-state index >= 15 is 0 Å². The molecule has 0 bridgehead atoms. The minimum absolute atomic E-state index is 0.161. The molecule has 0 aromatic rings. The highest BCUT2D eigenvalue weighted by molar-refractivity contribution is 14.1. The molecule has 0 fully saturated rings. The van der Waals surface area contributed by atoms with Crippen molar-refractivity contribution >= 4 is 39.4 Å². The molecule has 2 atom stereocenters. The molecule has 0 aromatic carbocycles. The average Bonchev–Trinajstić information content (AvgIpc) is 1.94. The van der Waals surface area contributed by atoms with Crippen LogP contribution in [0.25, 0.3) is 0 Å². The molecule has 1 aliphatic carbocycles. The van der Waals surface area contributed by atoms with Gasteiger partial charge in [-0.05, 0) is 25.4 Å². The van der Waals surface area contributed by atoms with Gasteiger partial charge in [0.05, 0.1) is 9.34 Å². The van der Waals surface area contributed by atoms with Gasteiger partial charge in [-0.25, -0.2) is 0 Å². The highest BCUT2D eigenvalue weighted by atomic mass is 127. The summed E-state index contributed by atoms with van der Waals surface area (Å²) in [5.41, 5.74) is 1.18. The van der Waals surface area contributed by atoms with Crippen LogP contribution in [0, 0.1) is 5.92 Å². The fourth-order valence-electron chi connectivity index (χ4n) is 1.19. The monoisotopic (exact) mass is 296 g/mol. The Labute approximate surface area is 91.0 Å². The topological polar surface area (TPSA) is 17.1 Å². The number of halogens is 2. The fraction of sp³-hybridized carbons (Fsp3) is 0.444. The summed E-state index contributed by atoms with van der Waals surface area (Å²) in [6.45, 7) is 4.04. The van der Waals surface area contributed by atoms with E-state index in [1.54, 1.807) is 0 Å². The van der Waals surface area contributed by atoms with E-state index in [4.69, 9.17) is 11.6 Å². The van der Waals surface area contributed by atoms with E-state index in [9.17, 15) is 4.79 Å². The van der Waals surface area contributed by atoms with E-state index in [1.165, 1.54) is 5.57 Å². The molecular formula is C9H10ClIO. The summed E-state index contributed by atoms with van der Waals surface area (Å²) in [5, 5.41) is -0.282. The van der Waals surface area contributed by atoms with E-state index in [0.29, 0.717) is 0 Å². The molecule has 0 radical (unpaired) electrons. The number of alkyl halides is 1. The normalized spacial score (nSPS) is 34.7. The molecule has 0 heterocycles. The summed E-state index contributed by atoms with van der Waals surface area (Å²) in [7, 11) is 0. The molecular weight excluding hydrogens is 286 g/mol. The van der Waals surface area contributed by atoms with Crippen molar-refractivity contribution in [3.05, 3.63) is 23.8 Å². The van der Waals surface area contributed by atoms with Crippen LogP contribution < -0.4 is 0 Å². The molecule has 66 valence electrons. The van der Waals surface area contributed by atoms with Gasteiger partial charge in [-0.15, -0.1) is 0 Å². The Kier molecular flexibility index (Phi) is 2.99. The van der Waals surface area contributed by atoms with Gasteiger partial charge in [0.1, 0.15) is 0 Å². The third kappa shape index (κ3) is 1.74. The van der Waals surface area contributed by atoms with Gasteiger partial charge < -0.3 is 0 Å². The summed E-state index contributed by atoms with van der Waals surface area (Å²) in [6, 6.07) is 0. The zero-order chi connectivity index (χ0) is 9.35. The highest BCUT2D eigenvalue weighted by Crippen LogP contribution is 2.39. The van der Waals surface area contributed by atoms with Crippen LogP contribution in [0.1, 0.15) is 13.8 Å². The third-order valence-electron chi connectivity index (χ3n) is 2.25. The second-order valence-electron chi connectivity index (χ2n) is 3.09. The lowest BCUT2D eigenvalue weighted by Crippen LogP contribution is -2.33. The first-order valence-corrected chi connectivity index (χ1v) is 5.15. The minimum atomic E-state index is -0.282. The summed E-state index contributed by atoms with van der Waals surface area (Å²) in [5.74, 6) is -0.190. The number of allylic oxidation sites excluding steroid dienone is 4. The van der Waals surface area contributed by atoms with Crippen molar-refractivity contribution in [2.75, 3.05) is 0 Å². The van der Waals surface area contributed by atoms with Gasteiger partial charge in [-0.1, -0.05) is 46.4 Å². The van der Waals surface area contributed by atoms with Crippen molar-refractivity contribution in [1.29, 1.82) is 0 Å². The number of hydrogen-bond donors (Lipinski definition) is 0. The molecule has 0 spiro atoms. The first-order valence-electron chi connectivity index (χ1n) is 3.70. The average molecular weight is 297 g/mol. The maximum absolute atomic E-state index is 11.0. The van der Waals surface area contributed by atoms with Gasteiger partial charge >= 0.3 is 0 Å². The molecule has 2 unspecified atom stereocenters. The predicted octanol–water partition coefficient (Wildman–Crippen LogP) is 3.08. The Balaban J connectivity index is 3.01. The maximum atomic E-state index is 11.0. The van der Waals surface area contributed by atoms with Crippen LogP contribution in [0.4, 0.5) is 0 Å². The lowest BCUT2D eigenvalue weighted by molar-refractivity contribution is -0.114. The maximum Gasteiger partial charge on any atom is 0.230 e. The SMILES string of the molecule is CC1=CC=CC(C(=O)Cl)C1(C)I. The van der Waals surface area contributed by atoms with Gasteiger partial charge in [0.25, 0.3) is 0 Å². The standard InChI is InChI=1S/C9H10ClIO/c1-6-4-3-5-7(8(10)12)9(6,2)11/h3-5,7H,1-2H3. The van der Waals surface area contributed by atoms with Crippen LogP contribution in [0.5, 0.6) is 0 Å². The molecule has 0 N–H and O–H groups in total. The van der Waals surface area contributed by atoms with Crippen molar-refractivity contribution < 1.29 is 4.79 Å². The highest BCUT2D eigenvalue weighted by Gasteiger charge is 2.36. The van der Waals surface area contributed by atoms with E-state index in [1.807, 2.05) is 32.1 Å². The first kappa shape index (κ1) is 10.3. The van der Waals surface area contributed by atoms with Crippen LogP contribution in [0.2, 0.25) is 0 Å². The van der Waals surface area contributed by atoms with E-state index in [2.05, 4.69) is 22.6 Å². The molecule has 0 saturated heterocycles. The minimum Gasteiger partial charge on any atom is -0.281 e. The van der Waals surface area contributed by atoms with Crippen molar-refractivity contribution in [2.24, 2.45) is 5.92 Å². The molecule has 3 heteroatoms. The molecule has 0 aliphatic heterocycles. The van der Waals surface area contributed by atoms with E-state index < -0.39 is 0 Å². The van der Waals surface area contributed by atoms with Gasteiger partial charge in [0.2, 0.25) is 5.24 Å². The summed E-state index contributed by atoms with van der Waals surface area (Å²) >= 11 is 7.75.